The maximum Gasteiger partial charge on any atom is 0.228 e. The van der Waals surface area contributed by atoms with E-state index in [9.17, 15) is 8.42 Å². The number of nitrogens with zero attached hydrogens (tertiary/aromatic N) is 4. The highest BCUT2D eigenvalue weighted by Gasteiger charge is 2.27. The zero-order chi connectivity index (χ0) is 20.1. The van der Waals surface area contributed by atoms with E-state index in [1.807, 2.05) is 48.0 Å². The Hall–Kier alpha value is -2.45. The highest BCUT2D eigenvalue weighted by atomic mass is 32.2. The minimum Gasteiger partial charge on any atom is -0.364 e. The summed E-state index contributed by atoms with van der Waals surface area (Å²) in [5, 5.41) is 3.55. The maximum absolute atomic E-state index is 12.8. The molecule has 0 aliphatic rings. The number of sulfone groups is 1. The van der Waals surface area contributed by atoms with Gasteiger partial charge in [-0.1, -0.05) is 35.5 Å². The first-order valence-electron chi connectivity index (χ1n) is 9.28. The summed E-state index contributed by atoms with van der Waals surface area (Å²) in [6.07, 6.45) is 3.94. The average molecular weight is 403 g/mol. The molecule has 0 radical (unpaired) electrons. The molecule has 7 nitrogen and oxygen atoms in total. The average Bonchev–Trinajstić information content (AvgIpc) is 3.31. The largest absolute Gasteiger partial charge is 0.364 e. The van der Waals surface area contributed by atoms with Gasteiger partial charge in [-0.15, -0.1) is 0 Å². The number of benzene rings is 1. The SMILES string of the molecule is CC(C)S(=O)(=O)c1ncc(CN(C)Cc2ccon2)n1CCc1ccccc1. The van der Waals surface area contributed by atoms with Crippen LogP contribution in [0.25, 0.3) is 0 Å². The summed E-state index contributed by atoms with van der Waals surface area (Å²) in [6.45, 7) is 5.08. The predicted molar refractivity (Wildman–Crippen MR) is 106 cm³/mol. The fourth-order valence-electron chi connectivity index (χ4n) is 3.01. The van der Waals surface area contributed by atoms with Crippen molar-refractivity contribution >= 4 is 9.84 Å². The van der Waals surface area contributed by atoms with Crippen molar-refractivity contribution in [2.45, 2.75) is 50.3 Å². The molecule has 3 rings (SSSR count). The van der Waals surface area contributed by atoms with E-state index >= 15 is 0 Å². The van der Waals surface area contributed by atoms with Gasteiger partial charge in [0.1, 0.15) is 6.26 Å². The first-order valence-corrected chi connectivity index (χ1v) is 10.8. The molecule has 0 spiro atoms. The molecular formula is C20H26N4O3S. The van der Waals surface area contributed by atoms with E-state index in [4.69, 9.17) is 4.52 Å². The number of aryl methyl sites for hydroxylation is 1. The lowest BCUT2D eigenvalue weighted by Gasteiger charge is -2.18. The van der Waals surface area contributed by atoms with Gasteiger partial charge in [0.15, 0.2) is 0 Å². The van der Waals surface area contributed by atoms with Crippen LogP contribution in [0.3, 0.4) is 0 Å². The van der Waals surface area contributed by atoms with Gasteiger partial charge in [0.05, 0.1) is 22.8 Å². The first kappa shape index (κ1) is 20.3. The molecule has 8 heteroatoms. The van der Waals surface area contributed by atoms with E-state index in [1.54, 1.807) is 26.3 Å². The fraction of sp³-hybridized carbons (Fsp3) is 0.400. The molecule has 0 bridgehead atoms. The second kappa shape index (κ2) is 8.70. The van der Waals surface area contributed by atoms with Crippen LogP contribution < -0.4 is 0 Å². The van der Waals surface area contributed by atoms with Crippen LogP contribution in [-0.4, -0.2) is 40.3 Å². The van der Waals surface area contributed by atoms with Crippen LogP contribution in [-0.2, 0) is 35.9 Å². The molecule has 0 fully saturated rings. The molecule has 3 aromatic rings. The topological polar surface area (TPSA) is 81.2 Å². The second-order valence-corrected chi connectivity index (χ2v) is 9.57. The normalized spacial score (nSPS) is 12.2. The standard InChI is InChI=1S/C20H26N4O3S/c1-16(2)28(25,26)20-21-13-19(15-23(3)14-18-10-12-27-22-18)24(20)11-9-17-7-5-4-6-8-17/h4-8,10,12-13,16H,9,11,14-15H2,1-3H3. The summed E-state index contributed by atoms with van der Waals surface area (Å²) >= 11 is 0. The third kappa shape index (κ3) is 4.69. The highest BCUT2D eigenvalue weighted by Crippen LogP contribution is 2.19. The smallest absolute Gasteiger partial charge is 0.228 e. The highest BCUT2D eigenvalue weighted by molar-refractivity contribution is 7.91. The number of imidazole rings is 1. The number of aromatic nitrogens is 3. The second-order valence-electron chi connectivity index (χ2n) is 7.18. The van der Waals surface area contributed by atoms with Crippen LogP contribution in [0.15, 0.2) is 58.5 Å². The van der Waals surface area contributed by atoms with Crippen LogP contribution in [0, 0.1) is 0 Å². The lowest BCUT2D eigenvalue weighted by atomic mass is 10.1. The van der Waals surface area contributed by atoms with E-state index in [1.165, 1.54) is 0 Å². The van der Waals surface area contributed by atoms with Crippen molar-refractivity contribution in [2.24, 2.45) is 0 Å². The molecule has 0 amide bonds. The zero-order valence-electron chi connectivity index (χ0n) is 16.4. The zero-order valence-corrected chi connectivity index (χ0v) is 17.3. The Labute approximate surface area is 165 Å². The van der Waals surface area contributed by atoms with Crippen LogP contribution in [0.1, 0.15) is 30.8 Å². The molecule has 2 heterocycles. The number of hydrogen-bond donors (Lipinski definition) is 0. The lowest BCUT2D eigenvalue weighted by Crippen LogP contribution is -2.23. The summed E-state index contributed by atoms with van der Waals surface area (Å²) in [5.74, 6) is 0. The van der Waals surface area contributed by atoms with E-state index in [0.29, 0.717) is 19.6 Å². The van der Waals surface area contributed by atoms with E-state index < -0.39 is 15.1 Å². The van der Waals surface area contributed by atoms with Crippen molar-refractivity contribution in [3.63, 3.8) is 0 Å². The monoisotopic (exact) mass is 402 g/mol. The first-order chi connectivity index (χ1) is 13.4. The van der Waals surface area contributed by atoms with Gasteiger partial charge in [-0.2, -0.15) is 0 Å². The van der Waals surface area contributed by atoms with Crippen molar-refractivity contribution in [1.82, 2.24) is 19.6 Å². The molecule has 0 saturated heterocycles. The summed E-state index contributed by atoms with van der Waals surface area (Å²) in [5.41, 5.74) is 2.85. The predicted octanol–water partition coefficient (Wildman–Crippen LogP) is 2.93. The third-order valence-electron chi connectivity index (χ3n) is 4.60. The van der Waals surface area contributed by atoms with Crippen LogP contribution >= 0.6 is 0 Å². The fourth-order valence-corrected chi connectivity index (χ4v) is 4.15. The van der Waals surface area contributed by atoms with Gasteiger partial charge >= 0.3 is 0 Å². The Bertz CT molecular complexity index is 980. The molecular weight excluding hydrogens is 376 g/mol. The Kier molecular flexibility index (Phi) is 6.31. The molecule has 1 aromatic carbocycles. The Morgan fingerprint density at radius 1 is 1.14 bits per heavy atom. The maximum atomic E-state index is 12.8. The van der Waals surface area contributed by atoms with E-state index in [0.717, 1.165) is 23.4 Å². The van der Waals surface area contributed by atoms with Crippen LogP contribution in [0.4, 0.5) is 0 Å². The molecule has 0 saturated carbocycles. The van der Waals surface area contributed by atoms with Gasteiger partial charge in [0.2, 0.25) is 15.0 Å². The molecule has 0 N–H and O–H groups in total. The minimum atomic E-state index is -3.47. The summed E-state index contributed by atoms with van der Waals surface area (Å²) < 4.78 is 32.3. The van der Waals surface area contributed by atoms with E-state index in [2.05, 4.69) is 15.0 Å². The summed E-state index contributed by atoms with van der Waals surface area (Å²) in [7, 11) is -1.51. The molecule has 0 atom stereocenters. The minimum absolute atomic E-state index is 0.142. The molecule has 2 aromatic heterocycles. The molecule has 0 unspecified atom stereocenters. The quantitative estimate of drug-likeness (QED) is 0.547. The van der Waals surface area contributed by atoms with Gasteiger partial charge in [-0.3, -0.25) is 4.90 Å². The summed E-state index contributed by atoms with van der Waals surface area (Å²) in [6, 6.07) is 11.9. The Morgan fingerprint density at radius 3 is 2.54 bits per heavy atom. The van der Waals surface area contributed by atoms with Crippen molar-refractivity contribution in [3.8, 4) is 0 Å². The van der Waals surface area contributed by atoms with Crippen LogP contribution in [0.2, 0.25) is 0 Å². The summed E-state index contributed by atoms with van der Waals surface area (Å²) in [4.78, 5) is 6.34. The van der Waals surface area contributed by atoms with Crippen molar-refractivity contribution in [3.05, 3.63) is 65.8 Å². The van der Waals surface area contributed by atoms with Crippen molar-refractivity contribution < 1.29 is 12.9 Å². The Balaban J connectivity index is 1.85. The van der Waals surface area contributed by atoms with Gasteiger partial charge in [-0.05, 0) is 32.9 Å². The number of rotatable bonds is 9. The lowest BCUT2D eigenvalue weighted by molar-refractivity contribution is 0.294. The van der Waals surface area contributed by atoms with Crippen LogP contribution in [0.5, 0.6) is 0 Å². The molecule has 150 valence electrons. The van der Waals surface area contributed by atoms with Gasteiger partial charge < -0.3 is 9.09 Å². The molecule has 28 heavy (non-hydrogen) atoms. The van der Waals surface area contributed by atoms with Crippen molar-refractivity contribution in [1.29, 1.82) is 0 Å². The third-order valence-corrected chi connectivity index (χ3v) is 6.67. The van der Waals surface area contributed by atoms with Gasteiger partial charge in [-0.25, -0.2) is 13.4 Å². The Morgan fingerprint density at radius 2 is 1.89 bits per heavy atom. The van der Waals surface area contributed by atoms with Gasteiger partial charge in [0.25, 0.3) is 0 Å². The number of hydrogen-bond acceptors (Lipinski definition) is 6. The van der Waals surface area contributed by atoms with Gasteiger partial charge in [0, 0.05) is 25.7 Å². The van der Waals surface area contributed by atoms with Crippen molar-refractivity contribution in [2.75, 3.05) is 7.05 Å². The van der Waals surface area contributed by atoms with E-state index in [-0.39, 0.29) is 5.16 Å². The molecule has 0 aliphatic carbocycles. The molecule has 0 aliphatic heterocycles.